The minimum atomic E-state index is -0.283. The highest BCUT2D eigenvalue weighted by Gasteiger charge is 2.15. The van der Waals surface area contributed by atoms with Crippen LogP contribution in [0.25, 0.3) is 5.69 Å². The second-order valence-electron chi connectivity index (χ2n) is 5.50. The second kappa shape index (κ2) is 6.79. The van der Waals surface area contributed by atoms with Crippen molar-refractivity contribution in [3.05, 3.63) is 74.8 Å². The number of aryl methyl sites for hydroxylation is 2. The summed E-state index contributed by atoms with van der Waals surface area (Å²) in [5.74, 6) is 0.312. The molecule has 0 radical (unpaired) electrons. The molecule has 1 aromatic heterocycles. The van der Waals surface area contributed by atoms with Crippen LogP contribution in [0.5, 0.6) is 0 Å². The lowest BCUT2D eigenvalue weighted by molar-refractivity contribution is 0.102. The molecule has 0 aliphatic carbocycles. The van der Waals surface area contributed by atoms with Crippen LogP contribution in [-0.2, 0) is 0 Å². The molecule has 0 saturated carbocycles. The number of carbonyl (C=O) groups excluding carboxylic acids is 1. The molecule has 0 aliphatic rings. The van der Waals surface area contributed by atoms with Crippen molar-refractivity contribution in [1.29, 1.82) is 0 Å². The molecule has 2 aromatic carbocycles. The Bertz CT molecular complexity index is 903. The van der Waals surface area contributed by atoms with E-state index in [2.05, 4.69) is 26.3 Å². The van der Waals surface area contributed by atoms with Gasteiger partial charge in [0.1, 0.15) is 5.82 Å². The van der Waals surface area contributed by atoms with Crippen LogP contribution < -0.4 is 5.32 Å². The van der Waals surface area contributed by atoms with Gasteiger partial charge in [-0.3, -0.25) is 4.79 Å². The average Bonchev–Trinajstić information content (AvgIpc) is 2.91. The fourth-order valence-electron chi connectivity index (χ4n) is 2.33. The van der Waals surface area contributed by atoms with Crippen LogP contribution in [0.15, 0.2) is 53.0 Å². The number of halogens is 2. The molecule has 0 unspecified atom stereocenters. The van der Waals surface area contributed by atoms with Crippen molar-refractivity contribution >= 4 is 39.3 Å². The van der Waals surface area contributed by atoms with Crippen LogP contribution in [0.2, 0.25) is 5.02 Å². The minimum absolute atomic E-state index is 0.283. The predicted molar refractivity (Wildman–Crippen MR) is 100 cm³/mol. The zero-order chi connectivity index (χ0) is 17.3. The van der Waals surface area contributed by atoms with Gasteiger partial charge in [-0.15, -0.1) is 0 Å². The first kappa shape index (κ1) is 16.7. The molecule has 6 heteroatoms. The van der Waals surface area contributed by atoms with Crippen LogP contribution in [0.4, 0.5) is 5.82 Å². The number of nitrogens with one attached hydrogen (secondary N) is 1. The molecular formula is C18H15BrClN3O. The monoisotopic (exact) mass is 403 g/mol. The molecular weight excluding hydrogens is 390 g/mol. The molecule has 0 fully saturated rings. The van der Waals surface area contributed by atoms with E-state index in [0.29, 0.717) is 16.4 Å². The Morgan fingerprint density at radius 1 is 1.12 bits per heavy atom. The van der Waals surface area contributed by atoms with E-state index in [1.54, 1.807) is 22.9 Å². The summed E-state index contributed by atoms with van der Waals surface area (Å²) in [6.07, 6.45) is 0. The normalized spacial score (nSPS) is 10.7. The van der Waals surface area contributed by atoms with Crippen molar-refractivity contribution in [2.24, 2.45) is 0 Å². The number of benzene rings is 2. The Hall–Kier alpha value is -2.11. The summed E-state index contributed by atoms with van der Waals surface area (Å²) in [5, 5.41) is 7.74. The van der Waals surface area contributed by atoms with E-state index in [9.17, 15) is 4.79 Å². The van der Waals surface area contributed by atoms with E-state index in [4.69, 9.17) is 11.6 Å². The van der Waals surface area contributed by atoms with Crippen LogP contribution >= 0.6 is 27.5 Å². The van der Waals surface area contributed by atoms with Gasteiger partial charge < -0.3 is 5.32 Å². The van der Waals surface area contributed by atoms with Crippen molar-refractivity contribution in [3.63, 3.8) is 0 Å². The van der Waals surface area contributed by atoms with Crippen molar-refractivity contribution in [3.8, 4) is 5.69 Å². The number of aromatic nitrogens is 2. The van der Waals surface area contributed by atoms with Gasteiger partial charge in [-0.25, -0.2) is 4.68 Å². The second-order valence-corrected chi connectivity index (χ2v) is 6.82. The van der Waals surface area contributed by atoms with Gasteiger partial charge in [-0.1, -0.05) is 45.2 Å². The molecule has 1 amide bonds. The topological polar surface area (TPSA) is 46.9 Å². The first-order valence-corrected chi connectivity index (χ1v) is 8.51. The summed E-state index contributed by atoms with van der Waals surface area (Å²) in [6.45, 7) is 3.91. The maximum atomic E-state index is 12.6. The quantitative estimate of drug-likeness (QED) is 0.655. The summed E-state index contributed by atoms with van der Waals surface area (Å²) < 4.78 is 2.50. The van der Waals surface area contributed by atoms with Crippen molar-refractivity contribution in [1.82, 2.24) is 9.78 Å². The highest BCUT2D eigenvalue weighted by Crippen LogP contribution is 2.23. The van der Waals surface area contributed by atoms with Gasteiger partial charge in [0.05, 0.1) is 22.0 Å². The first-order chi connectivity index (χ1) is 11.4. The third kappa shape index (κ3) is 3.52. The number of hydrogen-bond donors (Lipinski definition) is 1. The summed E-state index contributed by atoms with van der Waals surface area (Å²) in [6, 6.07) is 14.9. The molecule has 1 N–H and O–H groups in total. The maximum Gasteiger partial charge on any atom is 0.258 e. The number of anilines is 1. The van der Waals surface area contributed by atoms with E-state index < -0.39 is 0 Å². The zero-order valence-corrected chi connectivity index (χ0v) is 15.5. The molecule has 0 atom stereocenters. The third-order valence-electron chi connectivity index (χ3n) is 3.52. The molecule has 122 valence electrons. The first-order valence-electron chi connectivity index (χ1n) is 7.34. The molecule has 0 spiro atoms. The Kier molecular flexibility index (Phi) is 4.73. The summed E-state index contributed by atoms with van der Waals surface area (Å²) in [4.78, 5) is 12.6. The number of hydrogen-bond acceptors (Lipinski definition) is 2. The largest absolute Gasteiger partial charge is 0.306 e. The van der Waals surface area contributed by atoms with Gasteiger partial charge in [-0.05, 0) is 44.2 Å². The fourth-order valence-corrected chi connectivity index (χ4v) is 2.89. The highest BCUT2D eigenvalue weighted by atomic mass is 79.9. The zero-order valence-electron chi connectivity index (χ0n) is 13.2. The van der Waals surface area contributed by atoms with Crippen LogP contribution in [-0.4, -0.2) is 15.7 Å². The Balaban J connectivity index is 1.94. The van der Waals surface area contributed by atoms with Gasteiger partial charge >= 0.3 is 0 Å². The minimum Gasteiger partial charge on any atom is -0.306 e. The van der Waals surface area contributed by atoms with E-state index in [1.807, 2.05) is 44.2 Å². The van der Waals surface area contributed by atoms with Crippen LogP contribution in [0.3, 0.4) is 0 Å². The molecule has 1 heterocycles. The van der Waals surface area contributed by atoms with E-state index >= 15 is 0 Å². The van der Waals surface area contributed by atoms with E-state index in [-0.39, 0.29) is 5.91 Å². The molecule has 3 rings (SSSR count). The number of nitrogens with zero attached hydrogens (tertiary/aromatic N) is 2. The Morgan fingerprint density at radius 3 is 2.54 bits per heavy atom. The summed E-state index contributed by atoms with van der Waals surface area (Å²) >= 11 is 9.49. The van der Waals surface area contributed by atoms with Crippen LogP contribution in [0, 0.1) is 13.8 Å². The Labute approximate surface area is 153 Å². The average molecular weight is 405 g/mol. The smallest absolute Gasteiger partial charge is 0.258 e. The van der Waals surface area contributed by atoms with Gasteiger partial charge in [0.2, 0.25) is 0 Å². The summed E-state index contributed by atoms with van der Waals surface area (Å²) in [5.41, 5.74) is 3.25. The molecule has 4 nitrogen and oxygen atoms in total. The lowest BCUT2D eigenvalue weighted by atomic mass is 10.2. The molecule has 3 aromatic rings. The third-order valence-corrected chi connectivity index (χ3v) is 4.35. The highest BCUT2D eigenvalue weighted by molar-refractivity contribution is 9.10. The lowest BCUT2D eigenvalue weighted by Gasteiger charge is -2.10. The Morgan fingerprint density at radius 2 is 1.83 bits per heavy atom. The standard InChI is InChI=1S/C18H15BrClN3O/c1-11-3-6-14(7-4-11)23-17(9-12(2)22-23)21-18(24)15-10-13(19)5-8-16(15)20/h3-10H,1-2H3,(H,21,24). The molecule has 0 aliphatic heterocycles. The van der Waals surface area contributed by atoms with Gasteiger partial charge in [-0.2, -0.15) is 5.10 Å². The molecule has 0 bridgehead atoms. The van der Waals surface area contributed by atoms with Gasteiger partial charge in [0.25, 0.3) is 5.91 Å². The number of amides is 1. The van der Waals surface area contributed by atoms with E-state index in [0.717, 1.165) is 21.4 Å². The van der Waals surface area contributed by atoms with Crippen molar-refractivity contribution < 1.29 is 4.79 Å². The predicted octanol–water partition coefficient (Wildman–Crippen LogP) is 5.16. The fraction of sp³-hybridized carbons (Fsp3) is 0.111. The summed E-state index contributed by atoms with van der Waals surface area (Å²) in [7, 11) is 0. The van der Waals surface area contributed by atoms with E-state index in [1.165, 1.54) is 0 Å². The SMILES string of the molecule is Cc1ccc(-n2nc(C)cc2NC(=O)c2cc(Br)ccc2Cl)cc1. The molecule has 0 saturated heterocycles. The van der Waals surface area contributed by atoms with Crippen molar-refractivity contribution in [2.75, 3.05) is 5.32 Å². The van der Waals surface area contributed by atoms with Gasteiger partial charge in [0, 0.05) is 10.5 Å². The maximum absolute atomic E-state index is 12.6. The van der Waals surface area contributed by atoms with Crippen LogP contribution in [0.1, 0.15) is 21.6 Å². The van der Waals surface area contributed by atoms with Crippen molar-refractivity contribution in [2.45, 2.75) is 13.8 Å². The lowest BCUT2D eigenvalue weighted by Crippen LogP contribution is -2.15. The van der Waals surface area contributed by atoms with Gasteiger partial charge in [0.15, 0.2) is 0 Å². The number of rotatable bonds is 3. The number of carbonyl (C=O) groups is 1. The molecule has 24 heavy (non-hydrogen) atoms.